The summed E-state index contributed by atoms with van der Waals surface area (Å²) in [4.78, 5) is 26.5. The van der Waals surface area contributed by atoms with Gasteiger partial charge in [0.25, 0.3) is 5.91 Å². The smallest absolute Gasteiger partial charge is 0.252 e. The molecule has 0 bridgehead atoms. The Morgan fingerprint density at radius 2 is 2.00 bits per heavy atom. The van der Waals surface area contributed by atoms with Crippen LogP contribution in [0.25, 0.3) is 0 Å². The summed E-state index contributed by atoms with van der Waals surface area (Å²) in [6, 6.07) is 5.04. The maximum absolute atomic E-state index is 13.0. The van der Waals surface area contributed by atoms with Crippen molar-refractivity contribution in [3.05, 3.63) is 28.2 Å². The molecule has 4 nitrogen and oxygen atoms in total. The molecular formula is C15H16Cl2N2O2. The van der Waals surface area contributed by atoms with Crippen LogP contribution in [0.3, 0.4) is 0 Å². The second-order valence-corrected chi connectivity index (χ2v) is 6.67. The average Bonchev–Trinajstić information content (AvgIpc) is 3.24. The number of carbonyl (C=O) groups excluding carboxylic acids is 2. The van der Waals surface area contributed by atoms with E-state index in [0.717, 1.165) is 12.8 Å². The Bertz CT molecular complexity index is 616. The Morgan fingerprint density at radius 1 is 1.29 bits per heavy atom. The van der Waals surface area contributed by atoms with Crippen molar-refractivity contribution in [3.8, 4) is 0 Å². The number of nitrogens with zero attached hydrogens (tertiary/aromatic N) is 1. The average molecular weight is 327 g/mol. The molecular weight excluding hydrogens is 311 g/mol. The maximum Gasteiger partial charge on any atom is 0.252 e. The van der Waals surface area contributed by atoms with Crippen LogP contribution in [0.2, 0.25) is 10.0 Å². The summed E-state index contributed by atoms with van der Waals surface area (Å²) < 4.78 is 0. The van der Waals surface area contributed by atoms with Gasteiger partial charge in [0, 0.05) is 18.0 Å². The van der Waals surface area contributed by atoms with Gasteiger partial charge in [-0.3, -0.25) is 9.59 Å². The van der Waals surface area contributed by atoms with E-state index in [0.29, 0.717) is 22.3 Å². The molecule has 3 rings (SSSR count). The van der Waals surface area contributed by atoms with Crippen molar-refractivity contribution < 1.29 is 9.59 Å². The molecule has 0 aromatic heterocycles. The second-order valence-electron chi connectivity index (χ2n) is 5.83. The van der Waals surface area contributed by atoms with Crippen molar-refractivity contribution in [2.24, 2.45) is 5.92 Å². The SMILES string of the molecule is CC1(C2CC2)NC(=O)CCN(c2ccc(Cl)cc2Cl)C1=O. The minimum atomic E-state index is -0.837. The van der Waals surface area contributed by atoms with Crippen LogP contribution in [0.5, 0.6) is 0 Å². The summed E-state index contributed by atoms with van der Waals surface area (Å²) in [5.74, 6) is 0.0195. The van der Waals surface area contributed by atoms with E-state index in [9.17, 15) is 9.59 Å². The van der Waals surface area contributed by atoms with Crippen molar-refractivity contribution in [1.29, 1.82) is 0 Å². The Labute approximate surface area is 133 Å². The minimum Gasteiger partial charge on any atom is -0.342 e. The lowest BCUT2D eigenvalue weighted by Crippen LogP contribution is -2.57. The Morgan fingerprint density at radius 3 is 2.62 bits per heavy atom. The molecule has 21 heavy (non-hydrogen) atoms. The zero-order chi connectivity index (χ0) is 15.2. The number of benzene rings is 1. The third-order valence-electron chi connectivity index (χ3n) is 4.25. The topological polar surface area (TPSA) is 49.4 Å². The zero-order valence-corrected chi connectivity index (χ0v) is 13.2. The van der Waals surface area contributed by atoms with Gasteiger partial charge in [-0.05, 0) is 43.9 Å². The highest BCUT2D eigenvalue weighted by Crippen LogP contribution is 2.42. The van der Waals surface area contributed by atoms with Crippen LogP contribution in [0.4, 0.5) is 5.69 Å². The van der Waals surface area contributed by atoms with Gasteiger partial charge in [0.1, 0.15) is 5.54 Å². The molecule has 1 saturated carbocycles. The molecule has 1 saturated heterocycles. The molecule has 6 heteroatoms. The van der Waals surface area contributed by atoms with Gasteiger partial charge in [-0.1, -0.05) is 23.2 Å². The third-order valence-corrected chi connectivity index (χ3v) is 4.78. The van der Waals surface area contributed by atoms with Crippen LogP contribution >= 0.6 is 23.2 Å². The number of carbonyl (C=O) groups is 2. The summed E-state index contributed by atoms with van der Waals surface area (Å²) in [5.41, 5.74) is -0.231. The van der Waals surface area contributed by atoms with Crippen molar-refractivity contribution in [2.45, 2.75) is 31.7 Å². The predicted molar refractivity (Wildman–Crippen MR) is 82.7 cm³/mol. The number of hydrogen-bond donors (Lipinski definition) is 1. The first kappa shape index (κ1) is 14.7. The van der Waals surface area contributed by atoms with Gasteiger partial charge >= 0.3 is 0 Å². The first-order valence-electron chi connectivity index (χ1n) is 7.00. The van der Waals surface area contributed by atoms with E-state index < -0.39 is 5.54 Å². The fourth-order valence-electron chi connectivity index (χ4n) is 2.87. The molecule has 1 aromatic rings. The van der Waals surface area contributed by atoms with E-state index >= 15 is 0 Å². The van der Waals surface area contributed by atoms with Gasteiger partial charge in [-0.15, -0.1) is 0 Å². The van der Waals surface area contributed by atoms with E-state index in [-0.39, 0.29) is 24.2 Å². The summed E-state index contributed by atoms with van der Waals surface area (Å²) in [6.07, 6.45) is 2.20. The summed E-state index contributed by atoms with van der Waals surface area (Å²) in [5, 5.41) is 3.84. The van der Waals surface area contributed by atoms with Crippen LogP contribution in [0.1, 0.15) is 26.2 Å². The lowest BCUT2D eigenvalue weighted by molar-refractivity contribution is -0.130. The fourth-order valence-corrected chi connectivity index (χ4v) is 3.38. The summed E-state index contributed by atoms with van der Waals surface area (Å²) in [6.45, 7) is 2.14. The monoisotopic (exact) mass is 326 g/mol. The highest BCUT2D eigenvalue weighted by atomic mass is 35.5. The van der Waals surface area contributed by atoms with Gasteiger partial charge in [0.15, 0.2) is 0 Å². The number of hydrogen-bond acceptors (Lipinski definition) is 2. The Balaban J connectivity index is 2.00. The Kier molecular flexibility index (Phi) is 3.62. The van der Waals surface area contributed by atoms with Crippen molar-refractivity contribution in [1.82, 2.24) is 5.32 Å². The van der Waals surface area contributed by atoms with Gasteiger partial charge in [-0.25, -0.2) is 0 Å². The number of anilines is 1. The molecule has 1 heterocycles. The third kappa shape index (κ3) is 2.62. The quantitative estimate of drug-likeness (QED) is 0.908. The largest absolute Gasteiger partial charge is 0.342 e. The lowest BCUT2D eigenvalue weighted by Gasteiger charge is -2.32. The molecule has 1 unspecified atom stereocenters. The molecule has 2 fully saturated rings. The molecule has 112 valence electrons. The molecule has 1 N–H and O–H groups in total. The lowest BCUT2D eigenvalue weighted by atomic mass is 9.94. The minimum absolute atomic E-state index is 0.0923. The van der Waals surface area contributed by atoms with E-state index in [2.05, 4.69) is 5.32 Å². The van der Waals surface area contributed by atoms with E-state index in [4.69, 9.17) is 23.2 Å². The normalized spacial score (nSPS) is 26.5. The highest BCUT2D eigenvalue weighted by Gasteiger charge is 2.51. The fraction of sp³-hybridized carbons (Fsp3) is 0.467. The van der Waals surface area contributed by atoms with Crippen molar-refractivity contribution >= 4 is 40.7 Å². The van der Waals surface area contributed by atoms with Crippen molar-refractivity contribution in [3.63, 3.8) is 0 Å². The molecule has 0 spiro atoms. The zero-order valence-electron chi connectivity index (χ0n) is 11.7. The second kappa shape index (κ2) is 5.18. The maximum atomic E-state index is 13.0. The summed E-state index contributed by atoms with van der Waals surface area (Å²) in [7, 11) is 0. The first-order chi connectivity index (χ1) is 9.91. The molecule has 0 radical (unpaired) electrons. The van der Waals surface area contributed by atoms with Gasteiger partial charge in [-0.2, -0.15) is 0 Å². The van der Waals surface area contributed by atoms with Crippen molar-refractivity contribution in [2.75, 3.05) is 11.4 Å². The van der Waals surface area contributed by atoms with Crippen LogP contribution in [-0.2, 0) is 9.59 Å². The van der Waals surface area contributed by atoms with Gasteiger partial charge in [0.05, 0.1) is 10.7 Å². The van der Waals surface area contributed by atoms with Crippen LogP contribution < -0.4 is 10.2 Å². The van der Waals surface area contributed by atoms with Crippen LogP contribution in [-0.4, -0.2) is 23.9 Å². The molecule has 2 aliphatic rings. The molecule has 1 aliphatic carbocycles. The van der Waals surface area contributed by atoms with E-state index in [1.165, 1.54) is 0 Å². The summed E-state index contributed by atoms with van der Waals surface area (Å²) >= 11 is 12.1. The molecule has 1 aliphatic heterocycles. The van der Waals surface area contributed by atoms with E-state index in [1.807, 2.05) is 6.92 Å². The van der Waals surface area contributed by atoms with Crippen LogP contribution in [0, 0.1) is 5.92 Å². The number of rotatable bonds is 2. The van der Waals surface area contributed by atoms with Gasteiger partial charge < -0.3 is 10.2 Å². The highest BCUT2D eigenvalue weighted by molar-refractivity contribution is 6.36. The number of halogens is 2. The molecule has 1 atom stereocenters. The first-order valence-corrected chi connectivity index (χ1v) is 7.75. The molecule has 1 aromatic carbocycles. The number of amides is 2. The number of nitrogens with one attached hydrogen (secondary N) is 1. The predicted octanol–water partition coefficient (Wildman–Crippen LogP) is 3.02. The molecule has 2 amide bonds. The standard InChI is InChI=1S/C15H16Cl2N2O2/c1-15(9-2-3-9)14(21)19(7-6-13(20)18-15)12-5-4-10(16)8-11(12)17/h4-5,8-9H,2-3,6-7H2,1H3,(H,18,20). The van der Waals surface area contributed by atoms with E-state index in [1.54, 1.807) is 23.1 Å². The van der Waals surface area contributed by atoms with Crippen LogP contribution in [0.15, 0.2) is 18.2 Å². The van der Waals surface area contributed by atoms with Gasteiger partial charge in [0.2, 0.25) is 5.91 Å². The Hall–Kier alpha value is -1.26.